The Bertz CT molecular complexity index is 668. The standard InChI is InChI=1S/C40H74O4/c1-3-5-7-8-9-10-11-12-13-14-15-16-17-18-19-24-27-30-33-37-40(43)44-38(34-6-4-2)35-31-28-25-22-20-21-23-26-29-32-36-39(41)42/h9-10,12-13,38H,3-8,11,14-37H2,1-2H3,(H,41,42)/b10-9-,13-12-. The van der Waals surface area contributed by atoms with E-state index in [4.69, 9.17) is 9.84 Å². The number of ether oxygens (including phenoxy) is 1. The lowest BCUT2D eigenvalue weighted by molar-refractivity contribution is -0.150. The van der Waals surface area contributed by atoms with Gasteiger partial charge < -0.3 is 9.84 Å². The highest BCUT2D eigenvalue weighted by Gasteiger charge is 2.13. The van der Waals surface area contributed by atoms with Crippen LogP contribution in [0.4, 0.5) is 0 Å². The molecule has 0 rings (SSSR count). The third-order valence-electron chi connectivity index (χ3n) is 8.68. The largest absolute Gasteiger partial charge is 0.481 e. The molecule has 0 heterocycles. The molecule has 0 saturated heterocycles. The molecule has 1 unspecified atom stereocenters. The van der Waals surface area contributed by atoms with Gasteiger partial charge in [0.25, 0.3) is 0 Å². The van der Waals surface area contributed by atoms with Crippen LogP contribution in [0.2, 0.25) is 0 Å². The van der Waals surface area contributed by atoms with Gasteiger partial charge in [-0.2, -0.15) is 0 Å². The number of esters is 1. The van der Waals surface area contributed by atoms with Gasteiger partial charge in [0.2, 0.25) is 0 Å². The summed E-state index contributed by atoms with van der Waals surface area (Å²) >= 11 is 0. The summed E-state index contributed by atoms with van der Waals surface area (Å²) in [4.78, 5) is 23.0. The van der Waals surface area contributed by atoms with Crippen molar-refractivity contribution in [3.63, 3.8) is 0 Å². The molecule has 0 aromatic rings. The van der Waals surface area contributed by atoms with Crippen molar-refractivity contribution in [1.29, 1.82) is 0 Å². The van der Waals surface area contributed by atoms with Gasteiger partial charge in [0.05, 0.1) is 0 Å². The van der Waals surface area contributed by atoms with Crippen LogP contribution >= 0.6 is 0 Å². The zero-order valence-corrected chi connectivity index (χ0v) is 29.5. The Hall–Kier alpha value is -1.58. The zero-order valence-electron chi connectivity index (χ0n) is 29.5. The Morgan fingerprint density at radius 3 is 1.41 bits per heavy atom. The first-order valence-corrected chi connectivity index (χ1v) is 19.3. The molecule has 0 radical (unpaired) electrons. The van der Waals surface area contributed by atoms with E-state index in [0.29, 0.717) is 12.8 Å². The lowest BCUT2D eigenvalue weighted by Gasteiger charge is -2.18. The van der Waals surface area contributed by atoms with Crippen molar-refractivity contribution in [3.8, 4) is 0 Å². The van der Waals surface area contributed by atoms with E-state index in [0.717, 1.165) is 70.6 Å². The number of unbranched alkanes of at least 4 members (excludes halogenated alkanes) is 22. The number of aliphatic carboxylic acids is 1. The number of carboxylic acids is 1. The summed E-state index contributed by atoms with van der Waals surface area (Å²) in [6.45, 7) is 4.46. The number of carboxylic acid groups (broad SMARTS) is 1. The second kappa shape index (κ2) is 35.9. The van der Waals surface area contributed by atoms with E-state index in [2.05, 4.69) is 38.2 Å². The Balaban J connectivity index is 3.62. The normalized spacial score (nSPS) is 12.4. The minimum Gasteiger partial charge on any atom is -0.481 e. The third kappa shape index (κ3) is 34.9. The Morgan fingerprint density at radius 2 is 0.909 bits per heavy atom. The minimum absolute atomic E-state index is 0.0199. The molecule has 0 aliphatic carbocycles. The zero-order chi connectivity index (χ0) is 32.2. The van der Waals surface area contributed by atoms with Crippen LogP contribution in [0.3, 0.4) is 0 Å². The molecule has 0 aromatic carbocycles. The van der Waals surface area contributed by atoms with E-state index in [-0.39, 0.29) is 12.1 Å². The van der Waals surface area contributed by atoms with E-state index in [1.807, 2.05) is 0 Å². The summed E-state index contributed by atoms with van der Waals surface area (Å²) in [5.74, 6) is -0.656. The number of hydrogen-bond acceptors (Lipinski definition) is 3. The van der Waals surface area contributed by atoms with E-state index in [1.54, 1.807) is 0 Å². The van der Waals surface area contributed by atoms with Crippen molar-refractivity contribution in [3.05, 3.63) is 24.3 Å². The van der Waals surface area contributed by atoms with Gasteiger partial charge in [0.1, 0.15) is 6.10 Å². The Morgan fingerprint density at radius 1 is 0.500 bits per heavy atom. The van der Waals surface area contributed by atoms with Crippen LogP contribution in [-0.4, -0.2) is 23.1 Å². The monoisotopic (exact) mass is 619 g/mol. The van der Waals surface area contributed by atoms with Crippen LogP contribution < -0.4 is 0 Å². The highest BCUT2D eigenvalue weighted by Crippen LogP contribution is 2.18. The highest BCUT2D eigenvalue weighted by molar-refractivity contribution is 5.69. The molecule has 0 fully saturated rings. The molecule has 0 saturated carbocycles. The minimum atomic E-state index is -0.676. The SMILES string of the molecule is CCCCC/C=C\C/C=C\CCCCCCCCCCCC(=O)OC(CCCC)CCCCCCCCCCCCC(=O)O. The van der Waals surface area contributed by atoms with E-state index < -0.39 is 5.97 Å². The van der Waals surface area contributed by atoms with Gasteiger partial charge in [-0.25, -0.2) is 0 Å². The van der Waals surface area contributed by atoms with Gasteiger partial charge in [0, 0.05) is 12.8 Å². The second-order valence-electron chi connectivity index (χ2n) is 13.1. The van der Waals surface area contributed by atoms with E-state index in [9.17, 15) is 9.59 Å². The summed E-state index contributed by atoms with van der Waals surface area (Å²) in [6.07, 6.45) is 45.3. The molecule has 44 heavy (non-hydrogen) atoms. The predicted octanol–water partition coefficient (Wildman–Crippen LogP) is 13.2. The van der Waals surface area contributed by atoms with Gasteiger partial charge >= 0.3 is 11.9 Å². The molecule has 0 amide bonds. The second-order valence-corrected chi connectivity index (χ2v) is 13.1. The fourth-order valence-electron chi connectivity index (χ4n) is 5.79. The third-order valence-corrected chi connectivity index (χ3v) is 8.68. The van der Waals surface area contributed by atoms with Gasteiger partial charge in [0.15, 0.2) is 0 Å². The Kier molecular flexibility index (Phi) is 34.6. The number of carbonyl (C=O) groups excluding carboxylic acids is 1. The molecule has 0 aliphatic rings. The van der Waals surface area contributed by atoms with Crippen LogP contribution in [0, 0.1) is 0 Å². The maximum Gasteiger partial charge on any atom is 0.306 e. The molecule has 1 N–H and O–H groups in total. The average Bonchev–Trinajstić information content (AvgIpc) is 3.01. The molecule has 0 aromatic heterocycles. The first-order chi connectivity index (χ1) is 21.6. The van der Waals surface area contributed by atoms with Crippen LogP contribution in [-0.2, 0) is 14.3 Å². The molecular weight excluding hydrogens is 544 g/mol. The van der Waals surface area contributed by atoms with Crippen LogP contribution in [0.5, 0.6) is 0 Å². The van der Waals surface area contributed by atoms with Crippen LogP contribution in [0.25, 0.3) is 0 Å². The molecule has 1 atom stereocenters. The van der Waals surface area contributed by atoms with Crippen molar-refractivity contribution >= 4 is 11.9 Å². The first kappa shape index (κ1) is 42.4. The molecule has 0 spiro atoms. The van der Waals surface area contributed by atoms with Gasteiger partial charge in [-0.1, -0.05) is 160 Å². The molecule has 258 valence electrons. The highest BCUT2D eigenvalue weighted by atomic mass is 16.5. The molecule has 4 nitrogen and oxygen atoms in total. The van der Waals surface area contributed by atoms with Gasteiger partial charge in [-0.3, -0.25) is 9.59 Å². The molecule has 0 bridgehead atoms. The number of hydrogen-bond donors (Lipinski definition) is 1. The van der Waals surface area contributed by atoms with Crippen molar-refractivity contribution in [1.82, 2.24) is 0 Å². The number of carbonyl (C=O) groups is 2. The Labute approximate surface area is 274 Å². The number of allylic oxidation sites excluding steroid dienone is 4. The number of rotatable bonds is 35. The van der Waals surface area contributed by atoms with Crippen molar-refractivity contribution < 1.29 is 19.4 Å². The maximum atomic E-state index is 12.5. The van der Waals surface area contributed by atoms with E-state index in [1.165, 1.54) is 116 Å². The summed E-state index contributed by atoms with van der Waals surface area (Å²) in [5.41, 5.74) is 0. The van der Waals surface area contributed by atoms with Crippen molar-refractivity contribution in [2.24, 2.45) is 0 Å². The average molecular weight is 619 g/mol. The molecular formula is C40H74O4. The van der Waals surface area contributed by atoms with Crippen LogP contribution in [0.15, 0.2) is 24.3 Å². The summed E-state index contributed by atoms with van der Waals surface area (Å²) in [7, 11) is 0. The maximum absolute atomic E-state index is 12.5. The summed E-state index contributed by atoms with van der Waals surface area (Å²) < 4.78 is 5.91. The lowest BCUT2D eigenvalue weighted by atomic mass is 10.0. The summed E-state index contributed by atoms with van der Waals surface area (Å²) in [6, 6.07) is 0. The smallest absolute Gasteiger partial charge is 0.306 e. The van der Waals surface area contributed by atoms with Crippen molar-refractivity contribution in [2.75, 3.05) is 0 Å². The topological polar surface area (TPSA) is 63.6 Å². The fourth-order valence-corrected chi connectivity index (χ4v) is 5.79. The first-order valence-electron chi connectivity index (χ1n) is 19.3. The lowest BCUT2D eigenvalue weighted by Crippen LogP contribution is -2.18. The van der Waals surface area contributed by atoms with Crippen LogP contribution in [0.1, 0.15) is 213 Å². The summed E-state index contributed by atoms with van der Waals surface area (Å²) in [5, 5.41) is 8.68. The molecule has 4 heteroatoms. The van der Waals surface area contributed by atoms with Gasteiger partial charge in [-0.05, 0) is 64.2 Å². The van der Waals surface area contributed by atoms with E-state index >= 15 is 0 Å². The quantitative estimate of drug-likeness (QED) is 0.0436. The van der Waals surface area contributed by atoms with Crippen molar-refractivity contribution in [2.45, 2.75) is 219 Å². The predicted molar refractivity (Wildman–Crippen MR) is 190 cm³/mol. The fraction of sp³-hybridized carbons (Fsp3) is 0.850. The molecule has 0 aliphatic heterocycles. The van der Waals surface area contributed by atoms with Gasteiger partial charge in [-0.15, -0.1) is 0 Å².